The molecule has 2 aromatic rings. The number of aliphatic imine (C=N–C) groups is 1. The van der Waals surface area contributed by atoms with Gasteiger partial charge in [-0.05, 0) is 44.5 Å². The number of nitrogens with zero attached hydrogens (tertiary/aromatic N) is 2. The van der Waals surface area contributed by atoms with Gasteiger partial charge < -0.3 is 10.2 Å². The van der Waals surface area contributed by atoms with Crippen LogP contribution in [0.2, 0.25) is 0 Å². The highest BCUT2D eigenvalue weighted by molar-refractivity contribution is 8.14. The van der Waals surface area contributed by atoms with Crippen LogP contribution >= 0.6 is 11.8 Å². The van der Waals surface area contributed by atoms with E-state index in [1.165, 1.54) is 18.7 Å². The van der Waals surface area contributed by atoms with Gasteiger partial charge in [-0.15, -0.1) is 0 Å². The van der Waals surface area contributed by atoms with Crippen molar-refractivity contribution in [2.45, 2.75) is 32.9 Å². The molecule has 0 saturated carbocycles. The Morgan fingerprint density at radius 2 is 1.94 bits per heavy atom. The summed E-state index contributed by atoms with van der Waals surface area (Å²) in [6.45, 7) is 5.44. The van der Waals surface area contributed by atoms with Gasteiger partial charge in [-0.1, -0.05) is 41.6 Å². The van der Waals surface area contributed by atoms with Crippen LogP contribution in [0, 0.1) is 13.8 Å². The third-order valence-electron chi connectivity index (χ3n) is 5.63. The average molecular weight is 472 g/mol. The largest absolute Gasteiger partial charge is 0.325 e. The molecule has 2 aliphatic heterocycles. The number of ketones is 1. The maximum Gasteiger partial charge on any atom is 0.234 e. The Labute approximate surface area is 192 Å². The number of sulfone groups is 1. The predicted molar refractivity (Wildman–Crippen MR) is 130 cm³/mol. The summed E-state index contributed by atoms with van der Waals surface area (Å²) in [7, 11) is -3.18. The van der Waals surface area contributed by atoms with Gasteiger partial charge in [0.05, 0.1) is 29.3 Å². The van der Waals surface area contributed by atoms with Gasteiger partial charge in [-0.3, -0.25) is 14.6 Å². The Bertz CT molecular complexity index is 1220. The number of Topliss-reactive ketones (excluding diaryl/α,β-unsaturated/α-hetero) is 1. The summed E-state index contributed by atoms with van der Waals surface area (Å²) < 4.78 is 24.4. The van der Waals surface area contributed by atoms with Crippen molar-refractivity contribution in [1.82, 2.24) is 0 Å². The number of carbonyl (C=O) groups is 2. The highest BCUT2D eigenvalue weighted by Gasteiger charge is 2.47. The molecule has 0 spiro atoms. The van der Waals surface area contributed by atoms with Crippen molar-refractivity contribution in [3.05, 3.63) is 59.2 Å². The molecule has 0 aromatic heterocycles. The summed E-state index contributed by atoms with van der Waals surface area (Å²) >= 11 is 1.28. The summed E-state index contributed by atoms with van der Waals surface area (Å²) in [5.74, 6) is -0.0855. The van der Waals surface area contributed by atoms with E-state index in [4.69, 9.17) is 0 Å². The van der Waals surface area contributed by atoms with Crippen LogP contribution < -0.4 is 10.2 Å². The van der Waals surface area contributed by atoms with Gasteiger partial charge in [0.1, 0.15) is 0 Å². The molecule has 1 N–H and O–H groups in total. The van der Waals surface area contributed by atoms with Gasteiger partial charge in [0.15, 0.2) is 20.8 Å². The van der Waals surface area contributed by atoms with Gasteiger partial charge in [-0.25, -0.2) is 8.42 Å². The lowest BCUT2D eigenvalue weighted by atomic mass is 10.1. The Hall–Kier alpha value is -2.65. The molecule has 1 amide bonds. The number of amides is 1. The van der Waals surface area contributed by atoms with E-state index in [2.05, 4.69) is 10.3 Å². The van der Waals surface area contributed by atoms with E-state index in [1.807, 2.05) is 43.0 Å². The van der Waals surface area contributed by atoms with E-state index in [-0.39, 0.29) is 41.0 Å². The summed E-state index contributed by atoms with van der Waals surface area (Å²) in [5, 5.41) is 3.53. The molecule has 2 aromatic carbocycles. The molecule has 32 heavy (non-hydrogen) atoms. The number of benzene rings is 2. The van der Waals surface area contributed by atoms with Crippen molar-refractivity contribution in [1.29, 1.82) is 0 Å². The number of thioether (sulfide) groups is 1. The minimum absolute atomic E-state index is 0.000612. The number of anilines is 2. The third-order valence-corrected chi connectivity index (χ3v) is 8.29. The molecule has 1 fully saturated rings. The molecule has 4 rings (SSSR count). The average Bonchev–Trinajstić information content (AvgIpc) is 3.19. The molecule has 2 unspecified atom stereocenters. The third kappa shape index (κ3) is 4.73. The zero-order valence-electron chi connectivity index (χ0n) is 18.2. The van der Waals surface area contributed by atoms with Crippen molar-refractivity contribution < 1.29 is 18.0 Å². The van der Waals surface area contributed by atoms with E-state index >= 15 is 0 Å². The summed E-state index contributed by atoms with van der Waals surface area (Å²) in [6.07, 6.45) is 0. The van der Waals surface area contributed by atoms with Gasteiger partial charge in [0, 0.05) is 16.9 Å². The molecule has 2 heterocycles. The number of hydrogen-bond donors (Lipinski definition) is 1. The Balaban J connectivity index is 1.54. The first-order valence-electron chi connectivity index (χ1n) is 10.3. The van der Waals surface area contributed by atoms with E-state index < -0.39 is 9.84 Å². The second-order valence-electron chi connectivity index (χ2n) is 8.26. The van der Waals surface area contributed by atoms with E-state index in [1.54, 1.807) is 18.2 Å². The van der Waals surface area contributed by atoms with Crippen LogP contribution in [0.4, 0.5) is 11.4 Å². The molecule has 2 aliphatic rings. The van der Waals surface area contributed by atoms with Crippen molar-refractivity contribution in [3.8, 4) is 0 Å². The lowest BCUT2D eigenvalue weighted by molar-refractivity contribution is -0.113. The fraction of sp³-hybridized carbons (Fsp3) is 0.348. The number of fused-ring (bicyclic) bond motifs is 1. The van der Waals surface area contributed by atoms with Crippen LogP contribution in [-0.2, 0) is 14.6 Å². The topological polar surface area (TPSA) is 95.9 Å². The molecule has 0 radical (unpaired) electrons. The van der Waals surface area contributed by atoms with Crippen LogP contribution in [-0.4, -0.2) is 54.6 Å². The van der Waals surface area contributed by atoms with Gasteiger partial charge in [0.2, 0.25) is 5.91 Å². The van der Waals surface area contributed by atoms with Crippen LogP contribution in [0.1, 0.15) is 28.4 Å². The monoisotopic (exact) mass is 471 g/mol. The van der Waals surface area contributed by atoms with Crippen LogP contribution in [0.5, 0.6) is 0 Å². The van der Waals surface area contributed by atoms with Crippen molar-refractivity contribution in [2.24, 2.45) is 4.99 Å². The molecule has 1 saturated heterocycles. The molecule has 7 nitrogen and oxygen atoms in total. The molecular weight excluding hydrogens is 446 g/mol. The lowest BCUT2D eigenvalue weighted by Gasteiger charge is -2.26. The Kier molecular flexibility index (Phi) is 6.13. The number of amidine groups is 1. The smallest absolute Gasteiger partial charge is 0.234 e. The number of aryl methyl sites for hydroxylation is 2. The van der Waals surface area contributed by atoms with Crippen molar-refractivity contribution >= 4 is 49.8 Å². The fourth-order valence-electron chi connectivity index (χ4n) is 4.08. The van der Waals surface area contributed by atoms with Gasteiger partial charge in [0.25, 0.3) is 0 Å². The molecule has 168 valence electrons. The zero-order valence-corrected chi connectivity index (χ0v) is 19.8. The van der Waals surface area contributed by atoms with Crippen molar-refractivity contribution in [2.75, 3.05) is 27.5 Å². The minimum atomic E-state index is -3.18. The highest BCUT2D eigenvalue weighted by Crippen LogP contribution is 2.35. The van der Waals surface area contributed by atoms with Gasteiger partial charge in [-0.2, -0.15) is 0 Å². The maximum absolute atomic E-state index is 12.6. The first kappa shape index (κ1) is 22.5. The summed E-state index contributed by atoms with van der Waals surface area (Å²) in [6, 6.07) is 12.2. The number of carbonyl (C=O) groups excluding carboxylic acids is 2. The molecule has 2 atom stereocenters. The lowest BCUT2D eigenvalue weighted by Crippen LogP contribution is -2.39. The zero-order chi connectivity index (χ0) is 23.0. The standard InChI is InChI=1S/C23H25N3O4S2/c1-14-7-8-19(15(2)9-14)24-22(28)11-31-23-25-20-12-32(29,30)13-21(20)26(23)18-6-4-5-17(10-18)16(3)27/h4-10,20-21H,11-13H2,1-3H3,(H,24,28). The highest BCUT2D eigenvalue weighted by atomic mass is 32.2. The SMILES string of the molecule is CC(=O)c1cccc(N2C(SCC(=O)Nc3ccc(C)cc3C)=NC3CS(=O)(=O)CC32)c1. The summed E-state index contributed by atoms with van der Waals surface area (Å²) in [5.41, 5.74) is 4.14. The molecular formula is C23H25N3O4S2. The molecule has 0 bridgehead atoms. The Morgan fingerprint density at radius 1 is 1.16 bits per heavy atom. The van der Waals surface area contributed by atoms with Crippen LogP contribution in [0.25, 0.3) is 0 Å². The minimum Gasteiger partial charge on any atom is -0.325 e. The normalized spacial score (nSPS) is 21.2. The Morgan fingerprint density at radius 3 is 2.66 bits per heavy atom. The predicted octanol–water partition coefficient (Wildman–Crippen LogP) is 3.22. The van der Waals surface area contributed by atoms with E-state index in [0.29, 0.717) is 16.4 Å². The summed E-state index contributed by atoms with van der Waals surface area (Å²) in [4.78, 5) is 31.0. The molecule has 9 heteroatoms. The van der Waals surface area contributed by atoms with Crippen LogP contribution in [0.3, 0.4) is 0 Å². The number of hydrogen-bond acceptors (Lipinski definition) is 7. The molecule has 0 aliphatic carbocycles. The van der Waals surface area contributed by atoms with Gasteiger partial charge >= 0.3 is 0 Å². The first-order chi connectivity index (χ1) is 15.1. The van der Waals surface area contributed by atoms with Crippen LogP contribution in [0.15, 0.2) is 47.5 Å². The van der Waals surface area contributed by atoms with E-state index in [9.17, 15) is 18.0 Å². The first-order valence-corrected chi connectivity index (χ1v) is 13.1. The fourth-order valence-corrected chi connectivity index (χ4v) is 6.85. The number of nitrogens with one attached hydrogen (secondary N) is 1. The number of rotatable bonds is 5. The second-order valence-corrected chi connectivity index (χ2v) is 11.4. The maximum atomic E-state index is 12.6. The van der Waals surface area contributed by atoms with E-state index in [0.717, 1.165) is 16.8 Å². The quantitative estimate of drug-likeness (QED) is 0.673. The second kappa shape index (κ2) is 8.71. The van der Waals surface area contributed by atoms with Crippen molar-refractivity contribution in [3.63, 3.8) is 0 Å².